The van der Waals surface area contributed by atoms with E-state index in [-0.39, 0.29) is 12.1 Å². The number of hydrogen-bond donors (Lipinski definition) is 0. The maximum atomic E-state index is 12.5. The third-order valence-corrected chi connectivity index (χ3v) is 5.48. The average Bonchev–Trinajstić information content (AvgIpc) is 2.49. The highest BCUT2D eigenvalue weighted by atomic mass is 28.3. The SMILES string of the molecule is CC(C)(C)OC(=O)N1[C@@H](CCC[Si](C)(C)C)COC1(C)C. The fourth-order valence-corrected chi connectivity index (χ4v) is 3.91. The van der Waals surface area contributed by atoms with E-state index in [4.69, 9.17) is 9.47 Å². The molecule has 1 fully saturated rings. The Morgan fingerprint density at radius 2 is 1.90 bits per heavy atom. The number of hydrogen-bond acceptors (Lipinski definition) is 3. The molecule has 1 saturated heterocycles. The Morgan fingerprint density at radius 1 is 1.33 bits per heavy atom. The molecular formula is C16H33NO3Si. The zero-order chi connectivity index (χ0) is 16.5. The molecule has 124 valence electrons. The van der Waals surface area contributed by atoms with Gasteiger partial charge in [0.15, 0.2) is 0 Å². The molecule has 0 N–H and O–H groups in total. The van der Waals surface area contributed by atoms with E-state index in [2.05, 4.69) is 19.6 Å². The van der Waals surface area contributed by atoms with Crippen molar-refractivity contribution in [2.45, 2.75) is 90.5 Å². The van der Waals surface area contributed by atoms with Crippen LogP contribution in [-0.2, 0) is 9.47 Å². The second-order valence-corrected chi connectivity index (χ2v) is 14.3. The van der Waals surface area contributed by atoms with Crippen LogP contribution in [0.1, 0.15) is 47.5 Å². The molecular weight excluding hydrogens is 282 g/mol. The maximum Gasteiger partial charge on any atom is 0.412 e. The number of carbonyl (C=O) groups excluding carboxylic acids is 1. The number of carbonyl (C=O) groups is 1. The Morgan fingerprint density at radius 3 is 2.38 bits per heavy atom. The van der Waals surface area contributed by atoms with Crippen molar-refractivity contribution in [3.63, 3.8) is 0 Å². The van der Waals surface area contributed by atoms with Gasteiger partial charge in [-0.15, -0.1) is 0 Å². The molecule has 0 saturated carbocycles. The highest BCUT2D eigenvalue weighted by Gasteiger charge is 2.45. The van der Waals surface area contributed by atoms with E-state index >= 15 is 0 Å². The molecule has 5 heteroatoms. The van der Waals surface area contributed by atoms with Crippen molar-refractivity contribution in [3.05, 3.63) is 0 Å². The van der Waals surface area contributed by atoms with Crippen molar-refractivity contribution in [3.8, 4) is 0 Å². The van der Waals surface area contributed by atoms with E-state index in [9.17, 15) is 4.79 Å². The molecule has 1 rings (SSSR count). The molecule has 1 atom stereocenters. The van der Waals surface area contributed by atoms with Gasteiger partial charge in [0.1, 0.15) is 11.3 Å². The molecule has 0 radical (unpaired) electrons. The third kappa shape index (κ3) is 5.99. The molecule has 1 heterocycles. The molecule has 1 amide bonds. The molecule has 0 aromatic rings. The van der Waals surface area contributed by atoms with Gasteiger partial charge in [-0.25, -0.2) is 4.79 Å². The second-order valence-electron chi connectivity index (χ2n) is 8.71. The number of rotatable bonds is 4. The molecule has 21 heavy (non-hydrogen) atoms. The lowest BCUT2D eigenvalue weighted by molar-refractivity contribution is -0.0626. The number of amides is 1. The van der Waals surface area contributed by atoms with Crippen molar-refractivity contribution in [1.82, 2.24) is 4.90 Å². The molecule has 0 aromatic heterocycles. The first-order valence-electron chi connectivity index (χ1n) is 7.98. The van der Waals surface area contributed by atoms with Crippen LogP contribution < -0.4 is 0 Å². The van der Waals surface area contributed by atoms with Crippen LogP contribution in [0.4, 0.5) is 4.79 Å². The maximum absolute atomic E-state index is 12.5. The third-order valence-electron chi connectivity index (χ3n) is 3.63. The van der Waals surface area contributed by atoms with Crippen molar-refractivity contribution in [2.75, 3.05) is 6.61 Å². The zero-order valence-electron chi connectivity index (χ0n) is 15.1. The molecule has 0 aromatic carbocycles. The van der Waals surface area contributed by atoms with E-state index < -0.39 is 19.4 Å². The first-order chi connectivity index (χ1) is 9.32. The van der Waals surface area contributed by atoms with Crippen molar-refractivity contribution in [1.29, 1.82) is 0 Å². The van der Waals surface area contributed by atoms with E-state index in [0.717, 1.165) is 12.8 Å². The summed E-state index contributed by atoms with van der Waals surface area (Å²) in [5.41, 5.74) is -1.05. The minimum absolute atomic E-state index is 0.131. The molecule has 4 nitrogen and oxygen atoms in total. The summed E-state index contributed by atoms with van der Waals surface area (Å²) in [5, 5.41) is 0. The summed E-state index contributed by atoms with van der Waals surface area (Å²) in [4.78, 5) is 14.3. The molecule has 1 aliphatic rings. The van der Waals surface area contributed by atoms with Gasteiger partial charge < -0.3 is 9.47 Å². The topological polar surface area (TPSA) is 38.8 Å². The van der Waals surface area contributed by atoms with Crippen LogP contribution in [0.25, 0.3) is 0 Å². The van der Waals surface area contributed by atoms with Gasteiger partial charge in [0.05, 0.1) is 12.6 Å². The van der Waals surface area contributed by atoms with Gasteiger partial charge in [-0.2, -0.15) is 0 Å². The number of ether oxygens (including phenoxy) is 2. The summed E-state index contributed by atoms with van der Waals surface area (Å²) in [6.45, 7) is 17.3. The molecule has 0 unspecified atom stereocenters. The van der Waals surface area contributed by atoms with Crippen LogP contribution >= 0.6 is 0 Å². The van der Waals surface area contributed by atoms with Gasteiger partial charge in [-0.1, -0.05) is 32.1 Å². The molecule has 0 aliphatic carbocycles. The van der Waals surface area contributed by atoms with Crippen LogP contribution in [0, 0.1) is 0 Å². The van der Waals surface area contributed by atoms with Gasteiger partial charge in [0.25, 0.3) is 0 Å². The quantitative estimate of drug-likeness (QED) is 0.718. The first-order valence-corrected chi connectivity index (χ1v) is 11.7. The average molecular weight is 316 g/mol. The van der Waals surface area contributed by atoms with Gasteiger partial charge in [-0.05, 0) is 41.0 Å². The Hall–Kier alpha value is -0.553. The van der Waals surface area contributed by atoms with Gasteiger partial charge in [0.2, 0.25) is 0 Å². The zero-order valence-corrected chi connectivity index (χ0v) is 16.1. The van der Waals surface area contributed by atoms with E-state index in [0.29, 0.717) is 6.61 Å². The molecule has 0 spiro atoms. The van der Waals surface area contributed by atoms with Crippen LogP contribution in [-0.4, -0.2) is 43.0 Å². The fraction of sp³-hybridized carbons (Fsp3) is 0.938. The molecule has 1 aliphatic heterocycles. The first kappa shape index (κ1) is 18.5. The predicted molar refractivity (Wildman–Crippen MR) is 89.3 cm³/mol. The Labute approximate surface area is 131 Å². The summed E-state index contributed by atoms with van der Waals surface area (Å²) < 4.78 is 11.4. The van der Waals surface area contributed by atoms with Crippen LogP contribution in [0.2, 0.25) is 25.7 Å². The van der Waals surface area contributed by atoms with E-state index in [1.165, 1.54) is 6.04 Å². The monoisotopic (exact) mass is 315 g/mol. The predicted octanol–water partition coefficient (Wildman–Crippen LogP) is 4.48. The lowest BCUT2D eigenvalue weighted by Gasteiger charge is -2.35. The number of nitrogens with zero attached hydrogens (tertiary/aromatic N) is 1. The Kier molecular flexibility index (Phi) is 5.54. The van der Waals surface area contributed by atoms with E-state index in [1.54, 1.807) is 4.90 Å². The smallest absolute Gasteiger partial charge is 0.412 e. The Bertz CT molecular complexity index is 369. The van der Waals surface area contributed by atoms with Crippen LogP contribution in [0.3, 0.4) is 0 Å². The fourth-order valence-electron chi connectivity index (χ4n) is 2.64. The summed E-state index contributed by atoms with van der Waals surface area (Å²) in [6.07, 6.45) is 1.88. The second kappa shape index (κ2) is 6.29. The van der Waals surface area contributed by atoms with Crippen LogP contribution in [0.5, 0.6) is 0 Å². The Balaban J connectivity index is 2.68. The lowest BCUT2D eigenvalue weighted by atomic mass is 10.1. The molecule has 0 bridgehead atoms. The minimum Gasteiger partial charge on any atom is -0.444 e. The standard InChI is InChI=1S/C16H33NO3Si/c1-15(2,3)20-14(18)17-13(12-19-16(17,4)5)10-9-11-21(6,7)8/h13H,9-12H2,1-8H3/t13-/m0/s1. The summed E-state index contributed by atoms with van der Waals surface area (Å²) in [6, 6.07) is 1.41. The van der Waals surface area contributed by atoms with Crippen molar-refractivity contribution in [2.24, 2.45) is 0 Å². The van der Waals surface area contributed by atoms with Crippen LogP contribution in [0.15, 0.2) is 0 Å². The minimum atomic E-state index is -1.03. The summed E-state index contributed by atoms with van der Waals surface area (Å²) in [7, 11) is -1.03. The van der Waals surface area contributed by atoms with Gasteiger partial charge >= 0.3 is 6.09 Å². The largest absolute Gasteiger partial charge is 0.444 e. The highest BCUT2D eigenvalue weighted by molar-refractivity contribution is 6.76. The normalized spacial score (nSPS) is 22.5. The van der Waals surface area contributed by atoms with Crippen molar-refractivity contribution < 1.29 is 14.3 Å². The highest BCUT2D eigenvalue weighted by Crippen LogP contribution is 2.32. The van der Waals surface area contributed by atoms with E-state index in [1.807, 2.05) is 34.6 Å². The van der Waals surface area contributed by atoms with Gasteiger partial charge in [0, 0.05) is 8.07 Å². The summed E-state index contributed by atoms with van der Waals surface area (Å²) >= 11 is 0. The van der Waals surface area contributed by atoms with Crippen molar-refractivity contribution >= 4 is 14.2 Å². The van der Waals surface area contributed by atoms with Gasteiger partial charge in [-0.3, -0.25) is 4.90 Å². The summed E-state index contributed by atoms with van der Waals surface area (Å²) in [5.74, 6) is 0. The lowest BCUT2D eigenvalue weighted by Crippen LogP contribution is -2.49.